The number of unbranched alkanes of at least 4 members (excludes halogenated alkanes) is 10. The van der Waals surface area contributed by atoms with Crippen LogP contribution >= 0.6 is 0 Å². The van der Waals surface area contributed by atoms with Crippen LogP contribution in [0.15, 0.2) is 0 Å². The zero-order chi connectivity index (χ0) is 50.0. The zero-order valence-electron chi connectivity index (χ0n) is 44.9. The number of nitrogens with zero attached hydrogens (tertiary/aromatic N) is 3. The molecule has 0 aromatic heterocycles. The smallest absolute Gasteiger partial charge is 0.306 e. The second-order valence-corrected chi connectivity index (χ2v) is 23.5. The predicted octanol–water partition coefficient (Wildman–Crippen LogP) is 10.7. The summed E-state index contributed by atoms with van der Waals surface area (Å²) in [7, 11) is 3.46. The normalized spacial score (nSPS) is 21.9. The average Bonchev–Trinajstić information content (AvgIpc) is 3.17. The van der Waals surface area contributed by atoms with Crippen molar-refractivity contribution in [1.29, 1.82) is 0 Å². The second kappa shape index (κ2) is 27.2. The maximum Gasteiger partial charge on any atom is 0.306 e. The Labute approximate surface area is 402 Å². The SMILES string of the molecule is CCCCCCCCON1C(C)(C)CC(OC(=O)CCCCCCCCC(=O)OC2CC(C)(C)N(C)C(C)(C)C2)CC1(C)C.COC(=O)CCC(=O)OCCN1C(C)(C)CC(O)CC1(C)C. The van der Waals surface area contributed by atoms with Crippen LogP contribution in [0.5, 0.6) is 0 Å². The minimum Gasteiger partial charge on any atom is -0.469 e. The number of aliphatic hydroxyl groups excluding tert-OH is 1. The third kappa shape index (κ3) is 20.7. The molecule has 3 heterocycles. The number of likely N-dealkylation sites (tertiary alicyclic amines) is 2. The molecule has 3 aliphatic heterocycles. The van der Waals surface area contributed by atoms with Crippen molar-refractivity contribution >= 4 is 23.9 Å². The number of hydrogen-bond donors (Lipinski definition) is 1. The van der Waals surface area contributed by atoms with E-state index in [-0.39, 0.29) is 82.9 Å². The maximum atomic E-state index is 12.7. The summed E-state index contributed by atoms with van der Waals surface area (Å²) >= 11 is 0. The molecule has 0 saturated carbocycles. The van der Waals surface area contributed by atoms with Crippen LogP contribution in [0.25, 0.3) is 0 Å². The highest BCUT2D eigenvalue weighted by atomic mass is 16.7. The zero-order valence-corrected chi connectivity index (χ0v) is 44.9. The van der Waals surface area contributed by atoms with Gasteiger partial charge in [-0.25, -0.2) is 0 Å². The van der Waals surface area contributed by atoms with Crippen molar-refractivity contribution in [3.63, 3.8) is 0 Å². The molecule has 3 saturated heterocycles. The van der Waals surface area contributed by atoms with E-state index in [0.29, 0.717) is 32.2 Å². The lowest BCUT2D eigenvalue weighted by Crippen LogP contribution is -2.62. The number of carbonyl (C=O) groups is 4. The first-order valence-corrected chi connectivity index (χ1v) is 25.8. The van der Waals surface area contributed by atoms with Gasteiger partial charge >= 0.3 is 23.9 Å². The average molecular weight is 938 g/mol. The van der Waals surface area contributed by atoms with Crippen molar-refractivity contribution in [2.24, 2.45) is 0 Å². The third-order valence-corrected chi connectivity index (χ3v) is 14.4. The van der Waals surface area contributed by atoms with E-state index in [0.717, 1.165) is 77.2 Å². The Hall–Kier alpha value is -2.32. The molecule has 1 N–H and O–H groups in total. The summed E-state index contributed by atoms with van der Waals surface area (Å²) in [4.78, 5) is 58.7. The Kier molecular flexibility index (Phi) is 24.6. The Morgan fingerprint density at radius 2 is 0.909 bits per heavy atom. The second-order valence-electron chi connectivity index (χ2n) is 23.5. The summed E-state index contributed by atoms with van der Waals surface area (Å²) in [5.74, 6) is -0.941. The van der Waals surface area contributed by atoms with Crippen molar-refractivity contribution < 1.29 is 48.1 Å². The van der Waals surface area contributed by atoms with Crippen LogP contribution in [0.4, 0.5) is 0 Å². The number of piperidine rings is 3. The van der Waals surface area contributed by atoms with E-state index in [2.05, 4.69) is 117 Å². The summed E-state index contributed by atoms with van der Waals surface area (Å²) in [6.07, 6.45) is 18.8. The maximum absolute atomic E-state index is 12.7. The highest BCUT2D eigenvalue weighted by Gasteiger charge is 2.48. The highest BCUT2D eigenvalue weighted by molar-refractivity contribution is 5.77. The van der Waals surface area contributed by atoms with E-state index in [9.17, 15) is 24.3 Å². The molecule has 0 aromatic rings. The molecule has 3 rings (SSSR count). The summed E-state index contributed by atoms with van der Waals surface area (Å²) in [5.41, 5.74) is -0.653. The molecular weight excluding hydrogens is 839 g/mol. The van der Waals surface area contributed by atoms with Crippen molar-refractivity contribution in [2.75, 3.05) is 33.9 Å². The molecular formula is C53H99N3O10. The van der Waals surface area contributed by atoms with E-state index >= 15 is 0 Å². The first-order valence-electron chi connectivity index (χ1n) is 25.8. The minimum atomic E-state index is -0.413. The summed E-state index contributed by atoms with van der Waals surface area (Å²) < 4.78 is 21.6. The van der Waals surface area contributed by atoms with Gasteiger partial charge in [-0.15, -0.1) is 0 Å². The molecule has 0 spiro atoms. The van der Waals surface area contributed by atoms with Crippen molar-refractivity contribution in [3.05, 3.63) is 0 Å². The number of aliphatic hydroxyl groups is 1. The number of rotatable bonds is 25. The Morgan fingerprint density at radius 3 is 1.36 bits per heavy atom. The number of methoxy groups -OCH3 is 1. The highest BCUT2D eigenvalue weighted by Crippen LogP contribution is 2.41. The molecule has 3 aliphatic rings. The van der Waals surface area contributed by atoms with Crippen LogP contribution in [0.2, 0.25) is 0 Å². The fourth-order valence-electron chi connectivity index (χ4n) is 11.2. The lowest BCUT2D eigenvalue weighted by atomic mass is 9.78. The van der Waals surface area contributed by atoms with Gasteiger partial charge in [-0.3, -0.25) is 33.8 Å². The lowest BCUT2D eigenvalue weighted by molar-refractivity contribution is -0.293. The Bertz CT molecular complexity index is 1420. The van der Waals surface area contributed by atoms with Gasteiger partial charge < -0.3 is 24.1 Å². The fraction of sp³-hybridized carbons (Fsp3) is 0.925. The number of ether oxygens (including phenoxy) is 4. The number of carbonyl (C=O) groups excluding carboxylic acids is 4. The molecule has 0 radical (unpaired) electrons. The van der Waals surface area contributed by atoms with E-state index < -0.39 is 11.9 Å². The van der Waals surface area contributed by atoms with Crippen LogP contribution in [0.1, 0.15) is 231 Å². The molecule has 0 aromatic carbocycles. The van der Waals surface area contributed by atoms with E-state index in [1.165, 1.54) is 39.2 Å². The van der Waals surface area contributed by atoms with Crippen molar-refractivity contribution in [3.8, 4) is 0 Å². The van der Waals surface area contributed by atoms with Crippen LogP contribution in [-0.2, 0) is 43.0 Å². The fourth-order valence-corrected chi connectivity index (χ4v) is 11.2. The van der Waals surface area contributed by atoms with Gasteiger partial charge in [-0.05, 0) is 122 Å². The van der Waals surface area contributed by atoms with E-state index in [4.69, 9.17) is 19.0 Å². The minimum absolute atomic E-state index is 0.00335. The molecule has 0 amide bonds. The summed E-state index contributed by atoms with van der Waals surface area (Å²) in [6, 6.07) is 0. The number of hydrogen-bond acceptors (Lipinski definition) is 13. The molecule has 13 nitrogen and oxygen atoms in total. The third-order valence-electron chi connectivity index (χ3n) is 14.4. The lowest BCUT2D eigenvalue weighted by Gasteiger charge is -2.54. The molecule has 0 atom stereocenters. The molecule has 0 aliphatic carbocycles. The van der Waals surface area contributed by atoms with E-state index in [1.54, 1.807) is 0 Å². The van der Waals surface area contributed by atoms with Crippen LogP contribution < -0.4 is 0 Å². The first-order chi connectivity index (χ1) is 30.6. The van der Waals surface area contributed by atoms with Gasteiger partial charge in [0, 0.05) is 78.3 Å². The van der Waals surface area contributed by atoms with Gasteiger partial charge in [-0.2, -0.15) is 5.06 Å². The summed E-state index contributed by atoms with van der Waals surface area (Å²) in [6.45, 7) is 30.0. The molecule has 13 heteroatoms. The van der Waals surface area contributed by atoms with Crippen LogP contribution in [0.3, 0.4) is 0 Å². The van der Waals surface area contributed by atoms with Crippen molar-refractivity contribution in [1.82, 2.24) is 14.9 Å². The van der Waals surface area contributed by atoms with Gasteiger partial charge in [0.25, 0.3) is 0 Å². The molecule has 0 unspecified atom stereocenters. The van der Waals surface area contributed by atoms with Gasteiger partial charge in [0.15, 0.2) is 0 Å². The van der Waals surface area contributed by atoms with Crippen LogP contribution in [-0.4, -0.2) is 129 Å². The van der Waals surface area contributed by atoms with Gasteiger partial charge in [0.05, 0.1) is 32.7 Å². The topological polar surface area (TPSA) is 144 Å². The van der Waals surface area contributed by atoms with E-state index in [1.807, 2.05) is 0 Å². The largest absolute Gasteiger partial charge is 0.469 e. The quantitative estimate of drug-likeness (QED) is 0.0527. The van der Waals surface area contributed by atoms with Crippen LogP contribution in [0, 0.1) is 0 Å². The van der Waals surface area contributed by atoms with Gasteiger partial charge in [0.1, 0.15) is 18.8 Å². The molecule has 66 heavy (non-hydrogen) atoms. The predicted molar refractivity (Wildman–Crippen MR) is 263 cm³/mol. The van der Waals surface area contributed by atoms with Gasteiger partial charge in [0.2, 0.25) is 0 Å². The monoisotopic (exact) mass is 938 g/mol. The van der Waals surface area contributed by atoms with Crippen molar-refractivity contribution in [2.45, 2.75) is 283 Å². The number of esters is 4. The standard InChI is InChI=1S/C37H70N2O5.C16H29NO5/c1-11-12-13-14-19-22-25-42-39-36(6,7)28-31(29-37(39,8)9)44-33(41)24-21-18-16-15-17-20-23-32(40)43-30-26-34(2,3)38(10)35(4,5)27-30;1-15(2)10-12(18)11-16(3,4)17(15)8-9-22-14(20)7-6-13(19)21-5/h30-31H,11-29H2,1-10H3;12,18H,6-11H2,1-5H3. The molecule has 3 fully saturated rings. The first kappa shape index (κ1) is 59.8. The number of hydroxylamine groups is 2. The Morgan fingerprint density at radius 1 is 0.500 bits per heavy atom. The molecule has 386 valence electrons. The molecule has 0 bridgehead atoms. The Balaban J connectivity index is 0.000000568. The van der Waals surface area contributed by atoms with Gasteiger partial charge in [-0.1, -0.05) is 64.7 Å². The summed E-state index contributed by atoms with van der Waals surface area (Å²) in [5, 5.41) is 12.2.